The van der Waals surface area contributed by atoms with Gasteiger partial charge in [0.2, 0.25) is 0 Å². The Morgan fingerprint density at radius 2 is 2.28 bits per heavy atom. The van der Waals surface area contributed by atoms with Gasteiger partial charge in [0.1, 0.15) is 5.82 Å². The highest BCUT2D eigenvalue weighted by atomic mass is 15.2. The average Bonchev–Trinajstić information content (AvgIpc) is 2.98. The zero-order valence-corrected chi connectivity index (χ0v) is 10.7. The molecule has 0 amide bonds. The Hall–Kier alpha value is -1.75. The van der Waals surface area contributed by atoms with Crippen LogP contribution in [0.1, 0.15) is 23.9 Å². The van der Waals surface area contributed by atoms with E-state index in [1.165, 1.54) is 0 Å². The standard InChI is InChI=1S/C13H17N5/c1-9-5-12(11-7-15-18(2)8-11)17-13(16-9)10-3-4-14-6-10/h5,7-8,10,14H,3-4,6H2,1-2H3. The second-order valence-electron chi connectivity index (χ2n) is 4.85. The molecule has 2 aromatic rings. The summed E-state index contributed by atoms with van der Waals surface area (Å²) in [5, 5.41) is 7.55. The van der Waals surface area contributed by atoms with Gasteiger partial charge in [-0.15, -0.1) is 0 Å². The molecule has 18 heavy (non-hydrogen) atoms. The molecule has 0 saturated carbocycles. The highest BCUT2D eigenvalue weighted by Gasteiger charge is 2.20. The van der Waals surface area contributed by atoms with Gasteiger partial charge in [0, 0.05) is 37.0 Å². The van der Waals surface area contributed by atoms with Crippen LogP contribution in [0.3, 0.4) is 0 Å². The Bertz CT molecular complexity index is 554. The first-order valence-electron chi connectivity index (χ1n) is 6.28. The van der Waals surface area contributed by atoms with Crippen LogP contribution in [0, 0.1) is 6.92 Å². The fourth-order valence-corrected chi connectivity index (χ4v) is 2.35. The third kappa shape index (κ3) is 2.13. The number of hydrogen-bond acceptors (Lipinski definition) is 4. The quantitative estimate of drug-likeness (QED) is 0.863. The van der Waals surface area contributed by atoms with Gasteiger partial charge >= 0.3 is 0 Å². The molecule has 94 valence electrons. The number of nitrogens with one attached hydrogen (secondary N) is 1. The van der Waals surface area contributed by atoms with E-state index in [1.807, 2.05) is 32.4 Å². The first-order valence-corrected chi connectivity index (χ1v) is 6.28. The molecule has 1 aliphatic heterocycles. The minimum Gasteiger partial charge on any atom is -0.316 e. The largest absolute Gasteiger partial charge is 0.316 e. The van der Waals surface area contributed by atoms with Crippen LogP contribution in [0.15, 0.2) is 18.5 Å². The average molecular weight is 243 g/mol. The van der Waals surface area contributed by atoms with E-state index in [-0.39, 0.29) is 0 Å². The van der Waals surface area contributed by atoms with Crippen molar-refractivity contribution in [3.8, 4) is 11.3 Å². The van der Waals surface area contributed by atoms with Gasteiger partial charge in [-0.1, -0.05) is 0 Å². The zero-order chi connectivity index (χ0) is 12.5. The van der Waals surface area contributed by atoms with Crippen molar-refractivity contribution in [1.29, 1.82) is 0 Å². The molecule has 3 heterocycles. The lowest BCUT2D eigenvalue weighted by Gasteiger charge is -2.09. The Kier molecular flexibility index (Phi) is 2.83. The van der Waals surface area contributed by atoms with Gasteiger partial charge in [0.25, 0.3) is 0 Å². The summed E-state index contributed by atoms with van der Waals surface area (Å²) in [6.45, 7) is 4.06. The fourth-order valence-electron chi connectivity index (χ4n) is 2.35. The van der Waals surface area contributed by atoms with E-state index >= 15 is 0 Å². The molecule has 1 unspecified atom stereocenters. The van der Waals surface area contributed by atoms with E-state index < -0.39 is 0 Å². The predicted octanol–water partition coefficient (Wildman–Crippen LogP) is 1.26. The van der Waals surface area contributed by atoms with E-state index in [9.17, 15) is 0 Å². The number of aryl methyl sites for hydroxylation is 2. The first kappa shape index (κ1) is 11.3. The molecule has 0 spiro atoms. The maximum absolute atomic E-state index is 4.69. The molecule has 1 fully saturated rings. The normalized spacial score (nSPS) is 19.3. The molecule has 0 radical (unpaired) electrons. The van der Waals surface area contributed by atoms with Gasteiger partial charge in [0.05, 0.1) is 11.9 Å². The summed E-state index contributed by atoms with van der Waals surface area (Å²) < 4.78 is 1.80. The van der Waals surface area contributed by atoms with Crippen LogP contribution < -0.4 is 5.32 Å². The Morgan fingerprint density at radius 1 is 1.39 bits per heavy atom. The maximum atomic E-state index is 4.69. The fraction of sp³-hybridized carbons (Fsp3) is 0.462. The van der Waals surface area contributed by atoms with Crippen LogP contribution in [0.4, 0.5) is 0 Å². The van der Waals surface area contributed by atoms with Crippen LogP contribution in [0.5, 0.6) is 0 Å². The SMILES string of the molecule is Cc1cc(-c2cnn(C)c2)nc(C2CCNC2)n1. The Balaban J connectivity index is 1.99. The molecule has 3 rings (SSSR count). The summed E-state index contributed by atoms with van der Waals surface area (Å²) in [6, 6.07) is 2.02. The minimum absolute atomic E-state index is 0.445. The van der Waals surface area contributed by atoms with Gasteiger partial charge in [-0.2, -0.15) is 5.10 Å². The van der Waals surface area contributed by atoms with Crippen LogP contribution in [0.2, 0.25) is 0 Å². The molecule has 0 aliphatic carbocycles. The molecule has 1 atom stereocenters. The van der Waals surface area contributed by atoms with E-state index in [0.717, 1.165) is 42.3 Å². The lowest BCUT2D eigenvalue weighted by molar-refractivity contribution is 0.698. The lowest BCUT2D eigenvalue weighted by atomic mass is 10.1. The van der Waals surface area contributed by atoms with Gasteiger partial charge in [-0.25, -0.2) is 9.97 Å². The highest BCUT2D eigenvalue weighted by Crippen LogP contribution is 2.23. The zero-order valence-electron chi connectivity index (χ0n) is 10.7. The van der Waals surface area contributed by atoms with E-state index in [1.54, 1.807) is 4.68 Å². The van der Waals surface area contributed by atoms with Crippen molar-refractivity contribution in [3.05, 3.63) is 30.0 Å². The van der Waals surface area contributed by atoms with Gasteiger partial charge in [-0.05, 0) is 26.0 Å². The summed E-state index contributed by atoms with van der Waals surface area (Å²) >= 11 is 0. The predicted molar refractivity (Wildman–Crippen MR) is 69.2 cm³/mol. The van der Waals surface area contributed by atoms with E-state index in [2.05, 4.69) is 15.4 Å². The topological polar surface area (TPSA) is 55.6 Å². The maximum Gasteiger partial charge on any atom is 0.133 e. The van der Waals surface area contributed by atoms with Crippen molar-refractivity contribution < 1.29 is 0 Å². The third-order valence-electron chi connectivity index (χ3n) is 3.30. The molecule has 0 bridgehead atoms. The number of rotatable bonds is 2. The summed E-state index contributed by atoms with van der Waals surface area (Å²) in [6.07, 6.45) is 4.95. The summed E-state index contributed by atoms with van der Waals surface area (Å²) in [7, 11) is 1.92. The second kappa shape index (κ2) is 4.49. The molecule has 5 nitrogen and oxygen atoms in total. The summed E-state index contributed by atoms with van der Waals surface area (Å²) in [5.74, 6) is 1.40. The van der Waals surface area contributed by atoms with Crippen molar-refractivity contribution >= 4 is 0 Å². The molecule has 1 N–H and O–H groups in total. The van der Waals surface area contributed by atoms with Crippen molar-refractivity contribution in [2.45, 2.75) is 19.3 Å². The van der Waals surface area contributed by atoms with Crippen molar-refractivity contribution in [2.24, 2.45) is 7.05 Å². The summed E-state index contributed by atoms with van der Waals surface area (Å²) in [5.41, 5.74) is 3.04. The number of hydrogen-bond donors (Lipinski definition) is 1. The molecule has 2 aromatic heterocycles. The summed E-state index contributed by atoms with van der Waals surface area (Å²) in [4.78, 5) is 9.26. The van der Waals surface area contributed by atoms with Crippen molar-refractivity contribution in [2.75, 3.05) is 13.1 Å². The van der Waals surface area contributed by atoms with Crippen molar-refractivity contribution in [3.63, 3.8) is 0 Å². The number of aromatic nitrogens is 4. The second-order valence-corrected chi connectivity index (χ2v) is 4.85. The molecule has 0 aromatic carbocycles. The lowest BCUT2D eigenvalue weighted by Crippen LogP contribution is -2.11. The molecular weight excluding hydrogens is 226 g/mol. The first-order chi connectivity index (χ1) is 8.72. The van der Waals surface area contributed by atoms with Crippen LogP contribution >= 0.6 is 0 Å². The third-order valence-corrected chi connectivity index (χ3v) is 3.30. The Labute approximate surface area is 106 Å². The monoisotopic (exact) mass is 243 g/mol. The van der Waals surface area contributed by atoms with E-state index in [4.69, 9.17) is 4.98 Å². The van der Waals surface area contributed by atoms with Crippen LogP contribution in [-0.2, 0) is 7.05 Å². The minimum atomic E-state index is 0.445. The molecule has 5 heteroatoms. The van der Waals surface area contributed by atoms with Crippen molar-refractivity contribution in [1.82, 2.24) is 25.1 Å². The van der Waals surface area contributed by atoms with Gasteiger partial charge in [0.15, 0.2) is 0 Å². The smallest absolute Gasteiger partial charge is 0.133 e. The van der Waals surface area contributed by atoms with Crippen LogP contribution in [0.25, 0.3) is 11.3 Å². The van der Waals surface area contributed by atoms with E-state index in [0.29, 0.717) is 5.92 Å². The number of nitrogens with zero attached hydrogens (tertiary/aromatic N) is 4. The van der Waals surface area contributed by atoms with Crippen LogP contribution in [-0.4, -0.2) is 32.8 Å². The molecule has 1 aliphatic rings. The Morgan fingerprint density at radius 3 is 2.94 bits per heavy atom. The van der Waals surface area contributed by atoms with Gasteiger partial charge < -0.3 is 5.32 Å². The van der Waals surface area contributed by atoms with Gasteiger partial charge in [-0.3, -0.25) is 4.68 Å². The molecule has 1 saturated heterocycles. The molecular formula is C13H17N5. The highest BCUT2D eigenvalue weighted by molar-refractivity contribution is 5.57.